The number of carbonyl (C=O) groups excluding carboxylic acids is 1. The number of carboxylic acid groups (broad SMARTS) is 1. The van der Waals surface area contributed by atoms with Gasteiger partial charge in [0.25, 0.3) is 0 Å². The number of carboxylic acids is 1. The van der Waals surface area contributed by atoms with Crippen molar-refractivity contribution >= 4 is 11.9 Å². The van der Waals surface area contributed by atoms with Crippen LogP contribution in [0.15, 0.2) is 0 Å². The van der Waals surface area contributed by atoms with Crippen LogP contribution in [-0.2, 0) is 14.3 Å². The zero-order valence-electron chi connectivity index (χ0n) is 8.36. The van der Waals surface area contributed by atoms with Crippen LogP contribution >= 0.6 is 0 Å². The lowest BCUT2D eigenvalue weighted by Crippen LogP contribution is -2.28. The van der Waals surface area contributed by atoms with Crippen LogP contribution in [0.1, 0.15) is 32.6 Å². The number of hydrogen-bond acceptors (Lipinski definition) is 3. The van der Waals surface area contributed by atoms with Crippen molar-refractivity contribution in [2.45, 2.75) is 32.6 Å². The zero-order valence-corrected chi connectivity index (χ0v) is 8.36. The predicted molar refractivity (Wildman–Crippen MR) is 49.7 cm³/mol. The standard InChI is InChI=1S/C10H16O4/c1-2-14-10(13)8-5-3-4-7(6-8)9(11)12/h7-8H,2-6H2,1H3,(H,11,12)/t7?,8-/m1/s1. The third-order valence-electron chi connectivity index (χ3n) is 2.64. The van der Waals surface area contributed by atoms with Crippen molar-refractivity contribution in [2.75, 3.05) is 6.61 Å². The van der Waals surface area contributed by atoms with E-state index in [0.717, 1.165) is 12.8 Å². The molecule has 2 atom stereocenters. The molecular formula is C10H16O4. The monoisotopic (exact) mass is 200 g/mol. The molecule has 0 aromatic heterocycles. The molecule has 14 heavy (non-hydrogen) atoms. The van der Waals surface area contributed by atoms with E-state index in [0.29, 0.717) is 19.4 Å². The van der Waals surface area contributed by atoms with Gasteiger partial charge < -0.3 is 9.84 Å². The van der Waals surface area contributed by atoms with Gasteiger partial charge in [0.05, 0.1) is 18.4 Å². The Labute approximate surface area is 83.2 Å². The number of carbonyl (C=O) groups is 2. The highest BCUT2D eigenvalue weighted by Crippen LogP contribution is 2.29. The Morgan fingerprint density at radius 2 is 2.00 bits per heavy atom. The third kappa shape index (κ3) is 2.72. The lowest BCUT2D eigenvalue weighted by atomic mass is 9.81. The van der Waals surface area contributed by atoms with E-state index in [1.54, 1.807) is 6.92 Å². The lowest BCUT2D eigenvalue weighted by Gasteiger charge is -2.24. The molecule has 1 saturated carbocycles. The maximum atomic E-state index is 11.4. The zero-order chi connectivity index (χ0) is 10.6. The van der Waals surface area contributed by atoms with Crippen molar-refractivity contribution in [1.29, 1.82) is 0 Å². The van der Waals surface area contributed by atoms with E-state index >= 15 is 0 Å². The molecule has 0 saturated heterocycles. The topological polar surface area (TPSA) is 63.6 Å². The maximum Gasteiger partial charge on any atom is 0.308 e. The fraction of sp³-hybridized carbons (Fsp3) is 0.800. The average Bonchev–Trinajstić information content (AvgIpc) is 2.18. The molecular weight excluding hydrogens is 184 g/mol. The summed E-state index contributed by atoms with van der Waals surface area (Å²) in [6.07, 6.45) is 2.70. The van der Waals surface area contributed by atoms with Gasteiger partial charge in [0.15, 0.2) is 0 Å². The molecule has 0 heterocycles. The van der Waals surface area contributed by atoms with Crippen molar-refractivity contribution in [2.24, 2.45) is 11.8 Å². The van der Waals surface area contributed by atoms with Gasteiger partial charge in [-0.25, -0.2) is 0 Å². The highest BCUT2D eigenvalue weighted by molar-refractivity contribution is 5.75. The quantitative estimate of drug-likeness (QED) is 0.700. The molecule has 1 aliphatic carbocycles. The summed E-state index contributed by atoms with van der Waals surface area (Å²) >= 11 is 0. The van der Waals surface area contributed by atoms with E-state index in [9.17, 15) is 9.59 Å². The van der Waals surface area contributed by atoms with Gasteiger partial charge in [0.1, 0.15) is 0 Å². The van der Waals surface area contributed by atoms with Gasteiger partial charge in [-0.2, -0.15) is 0 Å². The number of aliphatic carboxylic acids is 1. The third-order valence-corrected chi connectivity index (χ3v) is 2.64. The lowest BCUT2D eigenvalue weighted by molar-refractivity contribution is -0.152. The highest BCUT2D eigenvalue weighted by Gasteiger charge is 2.31. The Kier molecular flexibility index (Phi) is 3.92. The number of ether oxygens (including phenoxy) is 1. The van der Waals surface area contributed by atoms with Crippen molar-refractivity contribution < 1.29 is 19.4 Å². The van der Waals surface area contributed by atoms with Crippen molar-refractivity contribution in [1.82, 2.24) is 0 Å². The van der Waals surface area contributed by atoms with Crippen LogP contribution in [0.4, 0.5) is 0 Å². The summed E-state index contributed by atoms with van der Waals surface area (Å²) in [5.41, 5.74) is 0. The molecule has 0 aromatic carbocycles. The minimum absolute atomic E-state index is 0.204. The van der Waals surface area contributed by atoms with Gasteiger partial charge in [0.2, 0.25) is 0 Å². The summed E-state index contributed by atoms with van der Waals surface area (Å²) < 4.78 is 4.88. The molecule has 1 rings (SSSR count). The van der Waals surface area contributed by atoms with E-state index in [1.807, 2.05) is 0 Å². The van der Waals surface area contributed by atoms with Crippen LogP contribution in [0.25, 0.3) is 0 Å². The van der Waals surface area contributed by atoms with Gasteiger partial charge in [-0.05, 0) is 26.2 Å². The second-order valence-electron chi connectivity index (χ2n) is 3.65. The summed E-state index contributed by atoms with van der Waals surface area (Å²) in [4.78, 5) is 22.1. The molecule has 0 amide bonds. The number of esters is 1. The Hall–Kier alpha value is -1.06. The first-order valence-electron chi connectivity index (χ1n) is 5.04. The molecule has 80 valence electrons. The van der Waals surface area contributed by atoms with Crippen LogP contribution < -0.4 is 0 Å². The molecule has 1 unspecified atom stereocenters. The van der Waals surface area contributed by atoms with Crippen molar-refractivity contribution in [3.8, 4) is 0 Å². The first-order chi connectivity index (χ1) is 6.65. The second kappa shape index (κ2) is 4.98. The molecule has 0 aliphatic heterocycles. The van der Waals surface area contributed by atoms with Gasteiger partial charge in [-0.1, -0.05) is 6.42 Å². The molecule has 1 aliphatic rings. The molecule has 0 radical (unpaired) electrons. The van der Waals surface area contributed by atoms with Crippen LogP contribution in [0, 0.1) is 11.8 Å². The maximum absolute atomic E-state index is 11.4. The summed E-state index contributed by atoms with van der Waals surface area (Å²) in [6, 6.07) is 0. The van der Waals surface area contributed by atoms with Crippen LogP contribution in [0.2, 0.25) is 0 Å². The molecule has 4 nitrogen and oxygen atoms in total. The minimum atomic E-state index is -0.793. The fourth-order valence-electron chi connectivity index (χ4n) is 1.89. The average molecular weight is 200 g/mol. The molecule has 0 aromatic rings. The van der Waals surface area contributed by atoms with Gasteiger partial charge >= 0.3 is 11.9 Å². The summed E-state index contributed by atoms with van der Waals surface area (Å²) in [7, 11) is 0. The van der Waals surface area contributed by atoms with Crippen molar-refractivity contribution in [3.63, 3.8) is 0 Å². The number of hydrogen-bond donors (Lipinski definition) is 1. The fourth-order valence-corrected chi connectivity index (χ4v) is 1.89. The van der Waals surface area contributed by atoms with E-state index < -0.39 is 5.97 Å². The van der Waals surface area contributed by atoms with Crippen LogP contribution in [0.3, 0.4) is 0 Å². The summed E-state index contributed by atoms with van der Waals surface area (Å²) in [6.45, 7) is 2.13. The molecule has 0 bridgehead atoms. The number of rotatable bonds is 3. The Morgan fingerprint density at radius 1 is 1.36 bits per heavy atom. The van der Waals surface area contributed by atoms with Crippen molar-refractivity contribution in [3.05, 3.63) is 0 Å². The van der Waals surface area contributed by atoms with Crippen LogP contribution in [0.5, 0.6) is 0 Å². The summed E-state index contributed by atoms with van der Waals surface area (Å²) in [5, 5.41) is 8.82. The van der Waals surface area contributed by atoms with E-state index in [-0.39, 0.29) is 17.8 Å². The smallest absolute Gasteiger partial charge is 0.308 e. The highest BCUT2D eigenvalue weighted by atomic mass is 16.5. The molecule has 4 heteroatoms. The van der Waals surface area contributed by atoms with E-state index in [4.69, 9.17) is 9.84 Å². The summed E-state index contributed by atoms with van der Waals surface area (Å²) in [5.74, 6) is -1.60. The molecule has 0 spiro atoms. The Balaban J connectivity index is 2.47. The molecule has 1 fully saturated rings. The predicted octanol–water partition coefficient (Wildman–Crippen LogP) is 1.44. The Bertz CT molecular complexity index is 224. The van der Waals surface area contributed by atoms with Gasteiger partial charge in [0, 0.05) is 0 Å². The normalized spacial score (nSPS) is 26.9. The van der Waals surface area contributed by atoms with Gasteiger partial charge in [-0.3, -0.25) is 9.59 Å². The SMILES string of the molecule is CCOC(=O)[C@@H]1CCCC(C(=O)O)C1. The second-order valence-corrected chi connectivity index (χ2v) is 3.65. The van der Waals surface area contributed by atoms with Crippen LogP contribution in [-0.4, -0.2) is 23.7 Å². The first-order valence-corrected chi connectivity index (χ1v) is 5.04. The Morgan fingerprint density at radius 3 is 2.57 bits per heavy atom. The first kappa shape index (κ1) is 11.0. The van der Waals surface area contributed by atoms with E-state index in [1.165, 1.54) is 0 Å². The minimum Gasteiger partial charge on any atom is -0.481 e. The van der Waals surface area contributed by atoms with E-state index in [2.05, 4.69) is 0 Å². The molecule has 1 N–H and O–H groups in total. The largest absolute Gasteiger partial charge is 0.481 e. The van der Waals surface area contributed by atoms with Gasteiger partial charge in [-0.15, -0.1) is 0 Å².